The average Bonchev–Trinajstić information content (AvgIpc) is 0.455. The van der Waals surface area contributed by atoms with Crippen molar-refractivity contribution >= 4 is 251 Å². The predicted molar refractivity (Wildman–Crippen MR) is 356 cm³/mol. The Kier molecular flexibility index (Phi) is 7.69. The minimum atomic E-state index is -13.9. The monoisotopic (exact) mass is 1720 g/mol. The molecule has 0 aromatic carbocycles. The van der Waals surface area contributed by atoms with Crippen LogP contribution in [-0.4, -0.2) is 251 Å². The zero-order chi connectivity index (χ0) is 88.6. The van der Waals surface area contributed by atoms with Crippen LogP contribution in [0.1, 0.15) is 19.3 Å². The second-order valence-corrected chi connectivity index (χ2v) is 138. The maximum absolute atomic E-state index is 13.9. The summed E-state index contributed by atoms with van der Waals surface area (Å²) in [7, 11) is 0. The Morgan fingerprint density at radius 2 is 0.168 bits per heavy atom. The summed E-state index contributed by atoms with van der Waals surface area (Å²) in [5, 5.41) is -108. The summed E-state index contributed by atoms with van der Waals surface area (Å²) in [4.78, 5) is 597. The molecule has 0 atom stereocenters. The molecule has 0 bridgehead atoms. The van der Waals surface area contributed by atoms with Gasteiger partial charge in [0.05, 0.1) is 0 Å². The van der Waals surface area contributed by atoms with Crippen molar-refractivity contribution in [1.29, 1.82) is 0 Å². The van der Waals surface area contributed by atoms with E-state index in [2.05, 4.69) is 11.8 Å². The van der Waals surface area contributed by atoms with E-state index in [-0.39, 0.29) is 0 Å². The molecule has 0 radical (unpaired) electrons. The second-order valence-electron chi connectivity index (χ2n) is 34.4. The van der Waals surface area contributed by atoms with Crippen molar-refractivity contribution in [2.24, 2.45) is 0 Å². The fourth-order valence-electron chi connectivity index (χ4n) is 5.18. The molecule has 0 saturated carbocycles. The first kappa shape index (κ1) is 101. The van der Waals surface area contributed by atoms with Gasteiger partial charge < -0.3 is 0 Å². The molecule has 0 aliphatic rings. The molecule has 0 amide bonds. The number of hydrogen-bond acceptors (Lipinski definition) is 48. The Hall–Kier alpha value is -14.7. The fourth-order valence-corrected chi connectivity index (χ4v) is 20.4. The van der Waals surface area contributed by atoms with Gasteiger partial charge in [-0.2, -0.15) is 0 Å². The first-order valence-electron chi connectivity index (χ1n) is 22.8. The fraction of sp³-hybridized carbons (Fsp3) is 0.0545. The quantitative estimate of drug-likeness (QED) is 0.0310. The van der Waals surface area contributed by atoms with Crippen molar-refractivity contribution in [1.82, 2.24) is 0 Å². The van der Waals surface area contributed by atoms with E-state index in [1.165, 1.54) is 0 Å². The van der Waals surface area contributed by atoms with Crippen molar-refractivity contribution < 1.29 is 247 Å². The zero-order valence-corrected chi connectivity index (χ0v) is 57.1. The molecule has 0 aromatic rings. The molecule has 0 N–H and O–H groups in total. The van der Waals surface area contributed by atoms with Gasteiger partial charge in [-0.25, -0.2) is 0 Å². The molecule has 0 aromatic heterocycles. The van der Waals surface area contributed by atoms with Crippen LogP contribution in [0.5, 0.6) is 0 Å². The van der Waals surface area contributed by atoms with Crippen LogP contribution < -0.4 is 0 Å². The third kappa shape index (κ3) is 2.72. The topological polar surface area (TPSA) is 819 Å². The number of hydrogen-bond donors (Lipinski definition) is 0. The van der Waals surface area contributed by atoms with Crippen LogP contribution in [-0.2, 0) is 247 Å². The number of unbranched alkanes of at least 4 members (excludes halogenated alkanes) is 2. The molecule has 0 aliphatic carbocycles. The minimum absolute atomic E-state index is 0.810. The van der Waals surface area contributed by atoms with Gasteiger partial charge in [-0.15, -0.1) is 24.7 Å². The normalized spacial score (nSPS) is 26.4. The van der Waals surface area contributed by atoms with Crippen molar-refractivity contribution in [2.45, 2.75) is 19.3 Å². The third-order valence-corrected chi connectivity index (χ3v) is 99.4. The van der Waals surface area contributed by atoms with E-state index in [0.717, 1.165) is 19.3 Å². The van der Waals surface area contributed by atoms with Crippen molar-refractivity contribution in [3.8, 4) is 24.7 Å². The summed E-state index contributed by atoms with van der Waals surface area (Å²) >= 11 is 0. The average molecular weight is 1720 g/mol. The molecule has 52 heteroatoms. The van der Waals surface area contributed by atoms with Gasteiger partial charge in [-0.1, -0.05) is 0 Å². The number of carbonyl (C=O) groups excluding carboxylic acids is 48. The molecular weight excluding hydrogens is 1660 g/mol. The molecule has 600 valence electrons. The van der Waals surface area contributed by atoms with Crippen LogP contribution in [0.2, 0.25) is 0 Å². The van der Waals surface area contributed by atoms with Gasteiger partial charge in [0.25, 0.3) is 0 Å². The van der Waals surface area contributed by atoms with Crippen LogP contribution in [0.3, 0.4) is 0 Å². The van der Waals surface area contributed by atoms with Gasteiger partial charge in [0.15, 0.2) is 0 Å². The Bertz CT molecular complexity index is 4450. The standard InChI is InChI=1S/C7H8.48CHO.4Co/c1-3-5-7-6-4-2;48*1-2;;;;/h1-2H,5-7H2;48*1H;;;;. The van der Waals surface area contributed by atoms with Gasteiger partial charge in [-0.3, -0.25) is 0 Å². The Morgan fingerprint density at radius 3 is 0.187 bits per heavy atom. The molecule has 48 nitrogen and oxygen atoms in total. The molecule has 0 heterocycles. The Balaban J connectivity index is -0.000000418. The number of carbonyl (C=O) groups is 48. The molecule has 0 aliphatic heterocycles. The van der Waals surface area contributed by atoms with Gasteiger partial charge in [0.2, 0.25) is 0 Å². The summed E-state index contributed by atoms with van der Waals surface area (Å²) in [5.41, 5.74) is 0. The second kappa shape index (κ2) is 8.15. The summed E-state index contributed by atoms with van der Waals surface area (Å²) < 4.78 is -55.6. The van der Waals surface area contributed by atoms with E-state index in [0.29, 0.717) is 0 Å². The molecule has 0 rings (SSSR count). The van der Waals surface area contributed by atoms with E-state index < -0.39 is 268 Å². The van der Waals surface area contributed by atoms with Gasteiger partial charge in [-0.05, 0) is 6.42 Å². The maximum atomic E-state index is 12.4. The molecule has 0 saturated heterocycles. The zero-order valence-electron chi connectivity index (χ0n) is 52.9. The first-order valence-corrected chi connectivity index (χ1v) is 51.7. The van der Waals surface area contributed by atoms with Gasteiger partial charge in [0.1, 0.15) is 0 Å². The van der Waals surface area contributed by atoms with Gasteiger partial charge in [0, 0.05) is 12.8 Å². The van der Waals surface area contributed by atoms with Crippen LogP contribution in [0, 0.1) is 24.7 Å². The molecule has 107 heavy (non-hydrogen) atoms. The molecule has 0 unspecified atom stereocenters. The molecule has 0 fully saturated rings. The summed E-state index contributed by atoms with van der Waals surface area (Å²) in [6, 6.07) is 0. The predicted octanol–water partition coefficient (Wildman–Crippen LogP) is -11.7. The van der Waals surface area contributed by atoms with Crippen molar-refractivity contribution in [3.63, 3.8) is 0 Å². The molecule has 0 spiro atoms. The molecular formula is C55H56Co4O48. The van der Waals surface area contributed by atoms with E-state index in [9.17, 15) is 230 Å². The Morgan fingerprint density at radius 1 is 0.121 bits per heavy atom. The summed E-state index contributed by atoms with van der Waals surface area (Å²) in [6.07, 6.45) is 12.5. The van der Waals surface area contributed by atoms with Crippen LogP contribution in [0.25, 0.3) is 0 Å². The summed E-state index contributed by atoms with van der Waals surface area (Å²) in [6.45, 7) is 0. The van der Waals surface area contributed by atoms with E-state index in [1.807, 2.05) is 0 Å². The third-order valence-electron chi connectivity index (χ3n) is 24.6. The van der Waals surface area contributed by atoms with Crippen molar-refractivity contribution in [3.05, 3.63) is 0 Å². The summed E-state index contributed by atoms with van der Waals surface area (Å²) in [5.74, 6) is 5.01. The van der Waals surface area contributed by atoms with E-state index in [1.54, 1.807) is 0 Å². The Labute approximate surface area is 538 Å². The van der Waals surface area contributed by atoms with Crippen LogP contribution >= 0.6 is 0 Å². The van der Waals surface area contributed by atoms with E-state index in [4.69, 9.17) is 12.8 Å². The van der Waals surface area contributed by atoms with Crippen LogP contribution in [0.4, 0.5) is 0 Å². The van der Waals surface area contributed by atoms with Crippen molar-refractivity contribution in [2.75, 3.05) is 0 Å². The number of rotatable bonds is 50. The number of terminal acetylenes is 2. The first-order chi connectivity index (χ1) is 47.2. The van der Waals surface area contributed by atoms with E-state index >= 15 is 0 Å². The van der Waals surface area contributed by atoms with Crippen LogP contribution in [0.15, 0.2) is 0 Å². The SMILES string of the molecule is C#CCCCC#C.O=[CH][Co]([CH]=O)([CH]=O)([CH]=O)([CH]=O)([CH]=O)([CH]=O)([CH]=O)([CH]=O)([CH]=O)([CH]=O)[CH]=O.O=[CH][Co]([CH]=O)([CH]=O)([CH]=O)([CH]=O)([CH]=O)([CH]=O)([CH]=O)([CH]=O)([CH]=O)([CH]=O)[CH]=O.O=[CH][Co]([CH]=O)([CH]=O)([CH]=O)([CH]=O)([CH]=O)([CH]=O)([CH]=O)([CH]=O)([CH]=O)([CH]=O)[CH]=O.O=[CH][Co]([CH]=O)([CH]=O)([CH]=O)([CH]=O)([CH]=O)([CH]=O)([CH]=O)([CH]=O)([CH]=O)([CH]=O)[CH]=O. The van der Waals surface area contributed by atoms with Gasteiger partial charge >= 0.3 is 498 Å².